The molecule has 0 radical (unpaired) electrons. The van der Waals surface area contributed by atoms with Crippen LogP contribution in [0.4, 0.5) is 18.9 Å². The summed E-state index contributed by atoms with van der Waals surface area (Å²) in [6.45, 7) is 0.0495. The van der Waals surface area contributed by atoms with Gasteiger partial charge in [-0.15, -0.1) is 0 Å². The molecule has 0 aliphatic heterocycles. The number of hydrogen-bond acceptors (Lipinski definition) is 5. The Bertz CT molecular complexity index is 1090. The minimum Gasteiger partial charge on any atom is -0.485 e. The van der Waals surface area contributed by atoms with Gasteiger partial charge in [0.2, 0.25) is 5.82 Å². The molecule has 3 aromatic rings. The van der Waals surface area contributed by atoms with Gasteiger partial charge in [0.05, 0.1) is 10.0 Å². The number of halogens is 4. The second kappa shape index (κ2) is 8.86. The first-order chi connectivity index (χ1) is 13.9. The van der Waals surface area contributed by atoms with Crippen LogP contribution in [0, 0.1) is 28.8 Å². The van der Waals surface area contributed by atoms with E-state index in [4.69, 9.17) is 19.9 Å². The molecule has 2 N–H and O–H groups in total. The molecule has 0 saturated carbocycles. The van der Waals surface area contributed by atoms with Crippen LogP contribution < -0.4 is 15.0 Å². The minimum absolute atomic E-state index is 0.0372. The fourth-order valence-corrected chi connectivity index (χ4v) is 2.90. The molecule has 0 atom stereocenters. The second-order valence-electron chi connectivity index (χ2n) is 5.74. The van der Waals surface area contributed by atoms with Crippen molar-refractivity contribution in [3.63, 3.8) is 0 Å². The Morgan fingerprint density at radius 3 is 2.41 bits per heavy atom. The zero-order valence-corrected chi connectivity index (χ0v) is 16.1. The van der Waals surface area contributed by atoms with E-state index in [9.17, 15) is 13.2 Å². The summed E-state index contributed by atoms with van der Waals surface area (Å²) in [5.74, 6) is -4.52. The number of hydrogen-bond donors (Lipinski definition) is 2. The fraction of sp³-hybridized carbons (Fsp3) is 0.0500. The number of nitriles is 1. The molecule has 0 saturated heterocycles. The minimum atomic E-state index is -1.41. The van der Waals surface area contributed by atoms with Crippen LogP contribution in [-0.4, -0.2) is 5.21 Å². The number of nitrogens with one attached hydrogen (secondary N) is 1. The molecule has 0 bridgehead atoms. The Balaban J connectivity index is 2.00. The normalized spacial score (nSPS) is 10.3. The Kier molecular flexibility index (Phi) is 6.26. The molecule has 3 rings (SSSR count). The van der Waals surface area contributed by atoms with Crippen molar-refractivity contribution >= 4 is 21.6 Å². The molecule has 3 aromatic carbocycles. The SMILES string of the molecule is N#Cc1cc(Oc2c(Br)cc(NO)c(F)c2F)c(OCc2ccccc2)cc1F. The third-order valence-electron chi connectivity index (χ3n) is 3.84. The van der Waals surface area contributed by atoms with Crippen LogP contribution in [0.5, 0.6) is 17.2 Å². The van der Waals surface area contributed by atoms with Crippen LogP contribution in [0.25, 0.3) is 0 Å². The molecule has 0 amide bonds. The molecule has 0 aliphatic rings. The smallest absolute Gasteiger partial charge is 0.204 e. The maximum absolute atomic E-state index is 14.4. The number of anilines is 1. The summed E-state index contributed by atoms with van der Waals surface area (Å²) in [4.78, 5) is 0. The van der Waals surface area contributed by atoms with Crippen LogP contribution in [0.3, 0.4) is 0 Å². The number of benzene rings is 3. The van der Waals surface area contributed by atoms with Crippen molar-refractivity contribution in [1.82, 2.24) is 0 Å². The standard InChI is InChI=1S/C20H12BrF3N2O3/c21-13-7-15(26-27)18(23)19(24)20(13)29-17-6-12(9-25)14(22)8-16(17)28-10-11-4-2-1-3-5-11/h1-8,26-27H,10H2. The van der Waals surface area contributed by atoms with E-state index in [-0.39, 0.29) is 28.1 Å². The van der Waals surface area contributed by atoms with Crippen LogP contribution in [-0.2, 0) is 6.61 Å². The van der Waals surface area contributed by atoms with Gasteiger partial charge in [-0.25, -0.2) is 8.78 Å². The summed E-state index contributed by atoms with van der Waals surface area (Å²) in [5.41, 5.74) is 1.43. The van der Waals surface area contributed by atoms with Gasteiger partial charge in [0, 0.05) is 12.1 Å². The summed E-state index contributed by atoms with van der Waals surface area (Å²) >= 11 is 3.02. The van der Waals surface area contributed by atoms with Crippen molar-refractivity contribution in [3.8, 4) is 23.3 Å². The van der Waals surface area contributed by atoms with Crippen molar-refractivity contribution in [2.24, 2.45) is 0 Å². The van der Waals surface area contributed by atoms with E-state index in [0.29, 0.717) is 0 Å². The highest BCUT2D eigenvalue weighted by Crippen LogP contribution is 2.41. The first-order valence-corrected chi connectivity index (χ1v) is 8.89. The summed E-state index contributed by atoms with van der Waals surface area (Å²) in [6.07, 6.45) is 0. The molecular formula is C20H12BrF3N2O3. The molecule has 5 nitrogen and oxygen atoms in total. The molecule has 0 spiro atoms. The topological polar surface area (TPSA) is 74.5 Å². The van der Waals surface area contributed by atoms with Crippen molar-refractivity contribution in [2.45, 2.75) is 6.61 Å². The Morgan fingerprint density at radius 1 is 1.03 bits per heavy atom. The molecule has 148 valence electrons. The Hall–Kier alpha value is -3.22. The number of ether oxygens (including phenoxy) is 2. The predicted octanol–water partition coefficient (Wildman–Crippen LogP) is 5.91. The monoisotopic (exact) mass is 464 g/mol. The lowest BCUT2D eigenvalue weighted by atomic mass is 10.2. The zero-order valence-electron chi connectivity index (χ0n) is 14.5. The summed E-state index contributed by atoms with van der Waals surface area (Å²) < 4.78 is 53.4. The lowest BCUT2D eigenvalue weighted by Crippen LogP contribution is -2.02. The summed E-state index contributed by atoms with van der Waals surface area (Å²) in [7, 11) is 0. The molecule has 0 aliphatic carbocycles. The van der Waals surface area contributed by atoms with Crippen LogP contribution in [0.1, 0.15) is 11.1 Å². The van der Waals surface area contributed by atoms with Gasteiger partial charge in [-0.05, 0) is 27.6 Å². The lowest BCUT2D eigenvalue weighted by Gasteiger charge is -2.16. The maximum atomic E-state index is 14.4. The van der Waals surface area contributed by atoms with Gasteiger partial charge >= 0.3 is 0 Å². The maximum Gasteiger partial charge on any atom is 0.204 e. The Morgan fingerprint density at radius 2 is 1.76 bits per heavy atom. The van der Waals surface area contributed by atoms with Crippen molar-refractivity contribution in [2.75, 3.05) is 5.48 Å². The average Bonchev–Trinajstić information content (AvgIpc) is 2.73. The molecule has 9 heteroatoms. The van der Waals surface area contributed by atoms with Gasteiger partial charge < -0.3 is 9.47 Å². The van der Waals surface area contributed by atoms with E-state index in [1.807, 2.05) is 6.07 Å². The molecule has 29 heavy (non-hydrogen) atoms. The fourth-order valence-electron chi connectivity index (χ4n) is 2.41. The van der Waals surface area contributed by atoms with E-state index < -0.39 is 28.9 Å². The van der Waals surface area contributed by atoms with Crippen LogP contribution >= 0.6 is 15.9 Å². The second-order valence-corrected chi connectivity index (χ2v) is 6.60. The van der Waals surface area contributed by atoms with E-state index in [1.54, 1.807) is 30.3 Å². The molecular weight excluding hydrogens is 453 g/mol. The van der Waals surface area contributed by atoms with Gasteiger partial charge in [-0.2, -0.15) is 9.65 Å². The highest BCUT2D eigenvalue weighted by atomic mass is 79.9. The van der Waals surface area contributed by atoms with Crippen molar-refractivity contribution in [1.29, 1.82) is 5.26 Å². The third kappa shape index (κ3) is 4.45. The summed E-state index contributed by atoms with van der Waals surface area (Å²) in [6, 6.07) is 13.6. The molecule has 0 aromatic heterocycles. The quantitative estimate of drug-likeness (QED) is 0.350. The highest BCUT2D eigenvalue weighted by molar-refractivity contribution is 9.10. The van der Waals surface area contributed by atoms with Gasteiger partial charge in [0.25, 0.3) is 0 Å². The number of nitrogens with zero attached hydrogens (tertiary/aromatic N) is 1. The van der Waals surface area contributed by atoms with E-state index >= 15 is 0 Å². The van der Waals surface area contributed by atoms with Gasteiger partial charge in [-0.1, -0.05) is 30.3 Å². The molecule has 0 unspecified atom stereocenters. The Labute approximate surface area is 172 Å². The summed E-state index contributed by atoms with van der Waals surface area (Å²) in [5, 5.41) is 17.9. The predicted molar refractivity (Wildman–Crippen MR) is 101 cm³/mol. The zero-order chi connectivity index (χ0) is 21.0. The lowest BCUT2D eigenvalue weighted by molar-refractivity contribution is 0.287. The highest BCUT2D eigenvalue weighted by Gasteiger charge is 2.22. The first kappa shape index (κ1) is 20.5. The first-order valence-electron chi connectivity index (χ1n) is 8.10. The van der Waals surface area contributed by atoms with Crippen LogP contribution in [0.15, 0.2) is 53.0 Å². The van der Waals surface area contributed by atoms with Crippen LogP contribution in [0.2, 0.25) is 0 Å². The third-order valence-corrected chi connectivity index (χ3v) is 4.43. The average molecular weight is 465 g/mol. The van der Waals surface area contributed by atoms with E-state index in [2.05, 4.69) is 15.9 Å². The molecule has 0 heterocycles. The van der Waals surface area contributed by atoms with Gasteiger partial charge in [0.1, 0.15) is 24.2 Å². The van der Waals surface area contributed by atoms with Crippen molar-refractivity contribution < 1.29 is 27.9 Å². The van der Waals surface area contributed by atoms with Gasteiger partial charge in [-0.3, -0.25) is 10.7 Å². The largest absolute Gasteiger partial charge is 0.485 e. The van der Waals surface area contributed by atoms with Gasteiger partial charge in [0.15, 0.2) is 23.1 Å². The van der Waals surface area contributed by atoms with E-state index in [1.165, 1.54) is 5.48 Å². The van der Waals surface area contributed by atoms with E-state index in [0.717, 1.165) is 23.8 Å². The molecule has 0 fully saturated rings. The van der Waals surface area contributed by atoms with Crippen molar-refractivity contribution in [3.05, 3.63) is 81.6 Å². The number of rotatable bonds is 6.